The number of hydrogen-bond acceptors (Lipinski definition) is 5. The van der Waals surface area contributed by atoms with Crippen LogP contribution in [0.25, 0.3) is 0 Å². The predicted octanol–water partition coefficient (Wildman–Crippen LogP) is 1.91. The molecular weight excluding hydrogens is 317 g/mol. The van der Waals surface area contributed by atoms with Gasteiger partial charge in [0.2, 0.25) is 0 Å². The number of carbonyl (C=O) groups excluding carboxylic acids is 2. The van der Waals surface area contributed by atoms with Crippen molar-refractivity contribution in [2.45, 2.75) is 20.4 Å². The van der Waals surface area contributed by atoms with Crippen LogP contribution in [-0.2, 0) is 20.9 Å². The zero-order valence-corrected chi connectivity index (χ0v) is 13.4. The Labute approximate surface area is 138 Å². The Hall–Kier alpha value is -2.90. The Morgan fingerprint density at radius 3 is 2.67 bits per heavy atom. The molecule has 0 saturated heterocycles. The van der Waals surface area contributed by atoms with E-state index in [1.165, 1.54) is 28.9 Å². The fourth-order valence-corrected chi connectivity index (χ4v) is 1.95. The van der Waals surface area contributed by atoms with E-state index in [4.69, 9.17) is 9.47 Å². The highest BCUT2D eigenvalue weighted by Gasteiger charge is 2.13. The van der Waals surface area contributed by atoms with Gasteiger partial charge in [-0.05, 0) is 38.1 Å². The van der Waals surface area contributed by atoms with E-state index in [1.54, 1.807) is 19.9 Å². The van der Waals surface area contributed by atoms with Gasteiger partial charge in [-0.2, -0.15) is 5.10 Å². The van der Waals surface area contributed by atoms with E-state index in [1.807, 2.05) is 0 Å². The van der Waals surface area contributed by atoms with Gasteiger partial charge in [0.05, 0.1) is 12.3 Å². The van der Waals surface area contributed by atoms with Gasteiger partial charge in [0.1, 0.15) is 23.9 Å². The number of ether oxygens (including phenoxy) is 2. The van der Waals surface area contributed by atoms with Gasteiger partial charge in [-0.15, -0.1) is 0 Å². The number of carbonyl (C=O) groups is 2. The van der Waals surface area contributed by atoms with E-state index in [0.29, 0.717) is 17.3 Å². The van der Waals surface area contributed by atoms with Gasteiger partial charge in [0.25, 0.3) is 5.91 Å². The van der Waals surface area contributed by atoms with Crippen molar-refractivity contribution in [1.29, 1.82) is 0 Å². The van der Waals surface area contributed by atoms with Crippen molar-refractivity contribution < 1.29 is 23.5 Å². The van der Waals surface area contributed by atoms with Gasteiger partial charge >= 0.3 is 5.97 Å². The lowest BCUT2D eigenvalue weighted by molar-refractivity contribution is -0.144. The third-order valence-electron chi connectivity index (χ3n) is 2.94. The van der Waals surface area contributed by atoms with Gasteiger partial charge in [0, 0.05) is 6.07 Å². The van der Waals surface area contributed by atoms with Gasteiger partial charge < -0.3 is 14.8 Å². The molecule has 0 saturated carbocycles. The molecule has 0 spiro atoms. The summed E-state index contributed by atoms with van der Waals surface area (Å²) < 4.78 is 24.3. The molecule has 0 bridgehead atoms. The summed E-state index contributed by atoms with van der Waals surface area (Å²) in [7, 11) is 0. The van der Waals surface area contributed by atoms with E-state index < -0.39 is 11.9 Å². The fraction of sp³-hybridized carbons (Fsp3) is 0.312. The van der Waals surface area contributed by atoms with Crippen molar-refractivity contribution in [2.75, 3.05) is 18.5 Å². The SMILES string of the molecule is CCOC(=O)Cn1nc(C)cc1NC(=O)COc1ccc(F)cc1. The Bertz CT molecular complexity index is 713. The highest BCUT2D eigenvalue weighted by Crippen LogP contribution is 2.13. The normalized spacial score (nSPS) is 10.3. The first-order chi connectivity index (χ1) is 11.5. The monoisotopic (exact) mass is 335 g/mol. The van der Waals surface area contributed by atoms with Gasteiger partial charge in [0.15, 0.2) is 6.61 Å². The molecule has 0 aliphatic heterocycles. The van der Waals surface area contributed by atoms with Crippen molar-refractivity contribution in [1.82, 2.24) is 9.78 Å². The minimum atomic E-state index is -0.446. The predicted molar refractivity (Wildman–Crippen MR) is 84.1 cm³/mol. The van der Waals surface area contributed by atoms with Gasteiger partial charge in [-0.25, -0.2) is 9.07 Å². The molecule has 7 nitrogen and oxygen atoms in total. The number of halogens is 1. The van der Waals surface area contributed by atoms with E-state index in [9.17, 15) is 14.0 Å². The largest absolute Gasteiger partial charge is 0.484 e. The summed E-state index contributed by atoms with van der Waals surface area (Å²) in [4.78, 5) is 23.5. The standard InChI is InChI=1S/C16H18FN3O4/c1-3-23-16(22)9-20-14(8-11(2)19-20)18-15(21)10-24-13-6-4-12(17)5-7-13/h4-8H,3,9-10H2,1-2H3,(H,18,21). The molecule has 0 fully saturated rings. The quantitative estimate of drug-likeness (QED) is 0.782. The Kier molecular flexibility index (Phi) is 5.89. The van der Waals surface area contributed by atoms with Crippen LogP contribution in [-0.4, -0.2) is 34.9 Å². The molecular formula is C16H18FN3O4. The summed E-state index contributed by atoms with van der Waals surface area (Å²) in [5, 5.41) is 6.75. The lowest BCUT2D eigenvalue weighted by atomic mass is 10.3. The second-order valence-electron chi connectivity index (χ2n) is 4.92. The Balaban J connectivity index is 1.93. The first-order valence-electron chi connectivity index (χ1n) is 7.36. The van der Waals surface area contributed by atoms with Crippen molar-refractivity contribution in [3.63, 3.8) is 0 Å². The molecule has 0 radical (unpaired) electrons. The number of nitrogens with one attached hydrogen (secondary N) is 1. The van der Waals surface area contributed by atoms with Crippen molar-refractivity contribution in [3.05, 3.63) is 41.8 Å². The van der Waals surface area contributed by atoms with Crippen LogP contribution in [0, 0.1) is 12.7 Å². The lowest BCUT2D eigenvalue weighted by Gasteiger charge is -2.09. The molecule has 0 atom stereocenters. The molecule has 24 heavy (non-hydrogen) atoms. The molecule has 0 aliphatic carbocycles. The van der Waals surface area contributed by atoms with Crippen molar-refractivity contribution in [2.24, 2.45) is 0 Å². The topological polar surface area (TPSA) is 82.5 Å². The molecule has 0 aliphatic rings. The van der Waals surface area contributed by atoms with E-state index in [-0.39, 0.29) is 25.6 Å². The van der Waals surface area contributed by atoms with E-state index in [2.05, 4.69) is 10.4 Å². The van der Waals surface area contributed by atoms with Crippen LogP contribution < -0.4 is 10.1 Å². The molecule has 2 rings (SSSR count). The number of benzene rings is 1. The highest BCUT2D eigenvalue weighted by molar-refractivity contribution is 5.91. The third kappa shape index (κ3) is 5.08. The van der Waals surface area contributed by atoms with Crippen LogP contribution in [0.5, 0.6) is 5.75 Å². The number of nitrogens with zero attached hydrogens (tertiary/aromatic N) is 2. The third-order valence-corrected chi connectivity index (χ3v) is 2.94. The summed E-state index contributed by atoms with van der Waals surface area (Å²) in [6.07, 6.45) is 0. The van der Waals surface area contributed by atoms with Crippen LogP contribution in [0.1, 0.15) is 12.6 Å². The van der Waals surface area contributed by atoms with Crippen LogP contribution in [0.4, 0.5) is 10.2 Å². The molecule has 1 N–H and O–H groups in total. The molecule has 2 aromatic rings. The van der Waals surface area contributed by atoms with Crippen molar-refractivity contribution in [3.8, 4) is 5.75 Å². The van der Waals surface area contributed by atoms with Gasteiger partial charge in [-0.3, -0.25) is 9.59 Å². The maximum absolute atomic E-state index is 12.8. The minimum Gasteiger partial charge on any atom is -0.484 e. The van der Waals surface area contributed by atoms with Crippen molar-refractivity contribution >= 4 is 17.7 Å². The van der Waals surface area contributed by atoms with Crippen LogP contribution in [0.2, 0.25) is 0 Å². The molecule has 8 heteroatoms. The maximum atomic E-state index is 12.8. The number of rotatable bonds is 7. The van der Waals surface area contributed by atoms with E-state index in [0.717, 1.165) is 0 Å². The summed E-state index contributed by atoms with van der Waals surface area (Å²) >= 11 is 0. The first kappa shape index (κ1) is 17.5. The first-order valence-corrected chi connectivity index (χ1v) is 7.36. The second-order valence-corrected chi connectivity index (χ2v) is 4.92. The molecule has 1 aromatic carbocycles. The summed E-state index contributed by atoms with van der Waals surface area (Å²) in [6.45, 7) is 3.37. The maximum Gasteiger partial charge on any atom is 0.327 e. The lowest BCUT2D eigenvalue weighted by Crippen LogP contribution is -2.23. The summed E-state index contributed by atoms with van der Waals surface area (Å²) in [5.74, 6) is -0.510. The average molecular weight is 335 g/mol. The number of esters is 1. The number of hydrogen-bond donors (Lipinski definition) is 1. The average Bonchev–Trinajstić information content (AvgIpc) is 2.86. The van der Waals surface area contributed by atoms with Gasteiger partial charge in [-0.1, -0.05) is 0 Å². The molecule has 1 heterocycles. The smallest absolute Gasteiger partial charge is 0.327 e. The molecule has 128 valence electrons. The highest BCUT2D eigenvalue weighted by atomic mass is 19.1. The number of aryl methyl sites for hydroxylation is 1. The van der Waals surface area contributed by atoms with Crippen LogP contribution >= 0.6 is 0 Å². The fourth-order valence-electron chi connectivity index (χ4n) is 1.95. The van der Waals surface area contributed by atoms with E-state index >= 15 is 0 Å². The minimum absolute atomic E-state index is 0.101. The molecule has 1 amide bonds. The van der Waals surface area contributed by atoms with Crippen LogP contribution in [0.15, 0.2) is 30.3 Å². The zero-order valence-electron chi connectivity index (χ0n) is 13.4. The Morgan fingerprint density at radius 2 is 2.00 bits per heavy atom. The summed E-state index contributed by atoms with van der Waals surface area (Å²) in [6, 6.07) is 6.97. The number of anilines is 1. The second kappa shape index (κ2) is 8.09. The number of amides is 1. The zero-order chi connectivity index (χ0) is 17.5. The number of aromatic nitrogens is 2. The molecule has 0 unspecified atom stereocenters. The molecule has 1 aromatic heterocycles. The summed E-state index contributed by atoms with van der Waals surface area (Å²) in [5.41, 5.74) is 0.647. The Morgan fingerprint density at radius 1 is 1.29 bits per heavy atom. The van der Waals surface area contributed by atoms with Crippen LogP contribution in [0.3, 0.4) is 0 Å².